The molecule has 0 aromatic heterocycles. The van der Waals surface area contributed by atoms with E-state index < -0.39 is 0 Å². The summed E-state index contributed by atoms with van der Waals surface area (Å²) in [5.41, 5.74) is 4.85. The van der Waals surface area contributed by atoms with Crippen LogP contribution in [-0.4, -0.2) is 18.2 Å². The Kier molecular flexibility index (Phi) is 4.21. The first-order valence-electron chi connectivity index (χ1n) is 8.02. The largest absolute Gasteiger partial charge is 0.349 e. The highest BCUT2D eigenvalue weighted by atomic mass is 16.2. The standard InChI is InChI=1S/C20H20N2O2/c1-4-22-18-11-14(3)13(2)10-16(18)21-17(20(22)24)12-19(23)15-8-6-5-7-9-15/h5-12,21H,4H2,1-3H3/b17-12-. The van der Waals surface area contributed by atoms with Gasteiger partial charge in [0.2, 0.25) is 0 Å². The molecule has 24 heavy (non-hydrogen) atoms. The number of carbonyl (C=O) groups is 2. The molecule has 0 bridgehead atoms. The van der Waals surface area contributed by atoms with Crippen LogP contribution in [0.5, 0.6) is 0 Å². The number of anilines is 2. The molecule has 1 N–H and O–H groups in total. The number of hydrogen-bond donors (Lipinski definition) is 1. The van der Waals surface area contributed by atoms with Gasteiger partial charge in [0, 0.05) is 18.2 Å². The number of likely N-dealkylation sites (N-methyl/N-ethyl adjacent to an activating group) is 1. The Hall–Kier alpha value is -2.88. The quantitative estimate of drug-likeness (QED) is 0.690. The molecule has 0 saturated heterocycles. The zero-order valence-electron chi connectivity index (χ0n) is 14.1. The number of nitrogens with one attached hydrogen (secondary N) is 1. The van der Waals surface area contributed by atoms with Crippen LogP contribution in [0.15, 0.2) is 54.2 Å². The van der Waals surface area contributed by atoms with Gasteiger partial charge in [-0.05, 0) is 44.0 Å². The molecule has 0 atom stereocenters. The lowest BCUT2D eigenvalue weighted by molar-refractivity contribution is -0.115. The van der Waals surface area contributed by atoms with E-state index in [4.69, 9.17) is 0 Å². The third kappa shape index (κ3) is 2.83. The summed E-state index contributed by atoms with van der Waals surface area (Å²) in [6, 6.07) is 13.0. The highest BCUT2D eigenvalue weighted by Gasteiger charge is 2.28. The summed E-state index contributed by atoms with van der Waals surface area (Å²) < 4.78 is 0. The van der Waals surface area contributed by atoms with Gasteiger partial charge in [-0.25, -0.2) is 0 Å². The maximum Gasteiger partial charge on any atom is 0.274 e. The van der Waals surface area contributed by atoms with E-state index in [2.05, 4.69) is 5.32 Å². The number of rotatable bonds is 3. The maximum absolute atomic E-state index is 12.7. The molecule has 3 rings (SSSR count). The van der Waals surface area contributed by atoms with Gasteiger partial charge < -0.3 is 10.2 Å². The van der Waals surface area contributed by atoms with Crippen LogP contribution in [0.4, 0.5) is 11.4 Å². The summed E-state index contributed by atoms with van der Waals surface area (Å²) in [6.07, 6.45) is 1.39. The summed E-state index contributed by atoms with van der Waals surface area (Å²) in [5, 5.41) is 3.13. The summed E-state index contributed by atoms with van der Waals surface area (Å²) in [4.78, 5) is 26.8. The number of amides is 1. The van der Waals surface area contributed by atoms with Gasteiger partial charge in [-0.1, -0.05) is 30.3 Å². The maximum atomic E-state index is 12.7. The van der Waals surface area contributed by atoms with Crippen LogP contribution in [0.2, 0.25) is 0 Å². The topological polar surface area (TPSA) is 49.4 Å². The van der Waals surface area contributed by atoms with Gasteiger partial charge in [0.15, 0.2) is 5.78 Å². The fraction of sp³-hybridized carbons (Fsp3) is 0.200. The van der Waals surface area contributed by atoms with Crippen molar-refractivity contribution in [1.29, 1.82) is 0 Å². The summed E-state index contributed by atoms with van der Waals surface area (Å²) >= 11 is 0. The van der Waals surface area contributed by atoms with Crippen LogP contribution in [-0.2, 0) is 4.79 Å². The first kappa shape index (κ1) is 16.0. The zero-order chi connectivity index (χ0) is 17.3. The van der Waals surface area contributed by atoms with Crippen molar-refractivity contribution in [2.45, 2.75) is 20.8 Å². The lowest BCUT2D eigenvalue weighted by Gasteiger charge is -2.31. The molecule has 1 aliphatic rings. The van der Waals surface area contributed by atoms with Crippen molar-refractivity contribution in [3.63, 3.8) is 0 Å². The highest BCUT2D eigenvalue weighted by molar-refractivity contribution is 6.17. The van der Waals surface area contributed by atoms with Gasteiger partial charge in [-0.15, -0.1) is 0 Å². The fourth-order valence-electron chi connectivity index (χ4n) is 2.81. The van der Waals surface area contributed by atoms with E-state index >= 15 is 0 Å². The van der Waals surface area contributed by atoms with Crippen molar-refractivity contribution in [2.24, 2.45) is 0 Å². The Morgan fingerprint density at radius 1 is 1.12 bits per heavy atom. The Bertz CT molecular complexity index is 838. The van der Waals surface area contributed by atoms with E-state index in [-0.39, 0.29) is 11.7 Å². The van der Waals surface area contributed by atoms with Crippen molar-refractivity contribution >= 4 is 23.1 Å². The molecular weight excluding hydrogens is 300 g/mol. The number of fused-ring (bicyclic) bond motifs is 1. The highest BCUT2D eigenvalue weighted by Crippen LogP contribution is 2.35. The van der Waals surface area contributed by atoms with Gasteiger partial charge in [-0.2, -0.15) is 0 Å². The first-order chi connectivity index (χ1) is 11.5. The van der Waals surface area contributed by atoms with Crippen LogP contribution in [0, 0.1) is 13.8 Å². The van der Waals surface area contributed by atoms with Gasteiger partial charge in [0.05, 0.1) is 11.4 Å². The molecule has 1 aliphatic heterocycles. The number of aryl methyl sites for hydroxylation is 2. The van der Waals surface area contributed by atoms with E-state index in [1.54, 1.807) is 17.0 Å². The van der Waals surface area contributed by atoms with Crippen LogP contribution >= 0.6 is 0 Å². The van der Waals surface area contributed by atoms with E-state index in [9.17, 15) is 9.59 Å². The average molecular weight is 320 g/mol. The molecule has 2 aromatic carbocycles. The van der Waals surface area contributed by atoms with Crippen molar-refractivity contribution < 1.29 is 9.59 Å². The molecule has 0 saturated carbocycles. The van der Waals surface area contributed by atoms with Crippen LogP contribution in [0.1, 0.15) is 28.4 Å². The third-order valence-corrected chi connectivity index (χ3v) is 4.30. The number of allylic oxidation sites excluding steroid dienone is 1. The molecule has 1 heterocycles. The lowest BCUT2D eigenvalue weighted by Crippen LogP contribution is -2.38. The minimum Gasteiger partial charge on any atom is -0.349 e. The minimum atomic E-state index is -0.185. The Morgan fingerprint density at radius 3 is 2.46 bits per heavy atom. The molecule has 0 radical (unpaired) electrons. The summed E-state index contributed by atoms with van der Waals surface area (Å²) in [6.45, 7) is 6.53. The lowest BCUT2D eigenvalue weighted by atomic mass is 10.0. The Labute approximate surface area is 141 Å². The van der Waals surface area contributed by atoms with Gasteiger partial charge in [0.1, 0.15) is 5.70 Å². The van der Waals surface area contributed by atoms with Crippen molar-refractivity contribution in [2.75, 3.05) is 16.8 Å². The molecular formula is C20H20N2O2. The molecule has 0 spiro atoms. The molecule has 4 nitrogen and oxygen atoms in total. The third-order valence-electron chi connectivity index (χ3n) is 4.30. The monoisotopic (exact) mass is 320 g/mol. The smallest absolute Gasteiger partial charge is 0.274 e. The molecule has 1 amide bonds. The Balaban J connectivity index is 2.02. The van der Waals surface area contributed by atoms with Gasteiger partial charge in [-0.3, -0.25) is 9.59 Å². The fourth-order valence-corrected chi connectivity index (χ4v) is 2.81. The summed E-state index contributed by atoms with van der Waals surface area (Å²) in [7, 11) is 0. The van der Waals surface area contributed by atoms with Crippen LogP contribution in [0.3, 0.4) is 0 Å². The molecule has 122 valence electrons. The second-order valence-corrected chi connectivity index (χ2v) is 5.92. The normalized spacial score (nSPS) is 15.2. The minimum absolute atomic E-state index is 0.183. The number of benzene rings is 2. The second-order valence-electron chi connectivity index (χ2n) is 5.92. The molecule has 0 fully saturated rings. The number of hydrogen-bond acceptors (Lipinski definition) is 3. The number of nitrogens with zero attached hydrogens (tertiary/aromatic N) is 1. The number of ketones is 1. The van der Waals surface area contributed by atoms with Crippen molar-refractivity contribution in [1.82, 2.24) is 0 Å². The molecule has 0 unspecified atom stereocenters. The average Bonchev–Trinajstić information content (AvgIpc) is 2.58. The van der Waals surface area contributed by atoms with E-state index in [0.717, 1.165) is 22.5 Å². The predicted octanol–water partition coefficient (Wildman–Crippen LogP) is 3.85. The molecule has 4 heteroatoms. The van der Waals surface area contributed by atoms with E-state index in [1.165, 1.54) is 6.08 Å². The number of carbonyl (C=O) groups excluding carboxylic acids is 2. The predicted molar refractivity (Wildman–Crippen MR) is 96.4 cm³/mol. The first-order valence-corrected chi connectivity index (χ1v) is 8.02. The second kappa shape index (κ2) is 6.32. The Morgan fingerprint density at radius 2 is 1.79 bits per heavy atom. The van der Waals surface area contributed by atoms with Gasteiger partial charge >= 0.3 is 0 Å². The van der Waals surface area contributed by atoms with Crippen molar-refractivity contribution in [3.05, 3.63) is 70.9 Å². The summed E-state index contributed by atoms with van der Waals surface area (Å²) in [5.74, 6) is -0.368. The van der Waals surface area contributed by atoms with Gasteiger partial charge in [0.25, 0.3) is 5.91 Å². The van der Waals surface area contributed by atoms with Crippen LogP contribution < -0.4 is 10.2 Å². The SMILES string of the molecule is CCN1C(=O)/C(=C/C(=O)c2ccccc2)Nc2cc(C)c(C)cc21. The van der Waals surface area contributed by atoms with E-state index in [1.807, 2.05) is 51.1 Å². The molecule has 0 aliphatic carbocycles. The van der Waals surface area contributed by atoms with Crippen LogP contribution in [0.25, 0.3) is 0 Å². The molecule has 2 aromatic rings. The van der Waals surface area contributed by atoms with E-state index in [0.29, 0.717) is 17.8 Å². The van der Waals surface area contributed by atoms with Crippen molar-refractivity contribution in [3.8, 4) is 0 Å². The zero-order valence-corrected chi connectivity index (χ0v) is 14.1.